The Morgan fingerprint density at radius 2 is 2.29 bits per heavy atom. The van der Waals surface area contributed by atoms with E-state index in [4.69, 9.17) is 9.47 Å². The van der Waals surface area contributed by atoms with Crippen molar-refractivity contribution in [3.8, 4) is 0 Å². The monoisotopic (exact) mass is 297 g/mol. The maximum absolute atomic E-state index is 11.8. The van der Waals surface area contributed by atoms with Crippen LogP contribution in [-0.2, 0) is 14.3 Å². The van der Waals surface area contributed by atoms with E-state index >= 15 is 0 Å². The lowest BCUT2D eigenvalue weighted by molar-refractivity contribution is -0.568. The molecule has 21 heavy (non-hydrogen) atoms. The van der Waals surface area contributed by atoms with Crippen LogP contribution in [0.15, 0.2) is 11.6 Å². The lowest BCUT2D eigenvalue weighted by atomic mass is 9.74. The maximum Gasteiger partial charge on any atom is 0.331 e. The molecular formula is C15H23NO5. The highest BCUT2D eigenvalue weighted by molar-refractivity contribution is 5.83. The number of esters is 1. The van der Waals surface area contributed by atoms with Crippen LogP contribution < -0.4 is 0 Å². The average molecular weight is 297 g/mol. The Balaban J connectivity index is 2.41. The van der Waals surface area contributed by atoms with E-state index in [2.05, 4.69) is 0 Å². The van der Waals surface area contributed by atoms with Gasteiger partial charge >= 0.3 is 5.97 Å². The van der Waals surface area contributed by atoms with Crippen LogP contribution >= 0.6 is 0 Å². The van der Waals surface area contributed by atoms with Crippen LogP contribution in [0.4, 0.5) is 0 Å². The van der Waals surface area contributed by atoms with Gasteiger partial charge in [-0.3, -0.25) is 10.1 Å². The lowest BCUT2D eigenvalue weighted by Crippen LogP contribution is -2.49. The molecule has 118 valence electrons. The van der Waals surface area contributed by atoms with E-state index in [0.29, 0.717) is 24.8 Å². The summed E-state index contributed by atoms with van der Waals surface area (Å²) in [5.41, 5.74) is -0.720. The third-order valence-electron chi connectivity index (χ3n) is 4.42. The predicted octanol–water partition coefficient (Wildman–Crippen LogP) is 2.63. The number of carbonyl (C=O) groups excluding carboxylic acids is 1. The molecule has 1 saturated carbocycles. The van der Waals surface area contributed by atoms with Gasteiger partial charge in [-0.1, -0.05) is 19.8 Å². The summed E-state index contributed by atoms with van der Waals surface area (Å²) in [7, 11) is 0. The lowest BCUT2D eigenvalue weighted by Gasteiger charge is -2.30. The van der Waals surface area contributed by atoms with Crippen molar-refractivity contribution in [2.75, 3.05) is 6.61 Å². The Kier molecular flexibility index (Phi) is 4.98. The van der Waals surface area contributed by atoms with E-state index in [1.54, 1.807) is 6.92 Å². The zero-order valence-electron chi connectivity index (χ0n) is 12.7. The Morgan fingerprint density at radius 1 is 1.52 bits per heavy atom. The first-order valence-corrected chi connectivity index (χ1v) is 7.75. The van der Waals surface area contributed by atoms with Crippen molar-refractivity contribution in [2.45, 2.75) is 70.1 Å². The maximum atomic E-state index is 11.8. The van der Waals surface area contributed by atoms with Crippen LogP contribution in [0.1, 0.15) is 52.4 Å². The van der Waals surface area contributed by atoms with Crippen molar-refractivity contribution in [3.63, 3.8) is 0 Å². The number of ether oxygens (including phenoxy) is 2. The summed E-state index contributed by atoms with van der Waals surface area (Å²) in [5, 5.41) is 11.8. The minimum absolute atomic E-state index is 0.239. The van der Waals surface area contributed by atoms with Crippen LogP contribution in [0.3, 0.4) is 0 Å². The van der Waals surface area contributed by atoms with E-state index in [1.165, 1.54) is 6.08 Å². The molecule has 0 aromatic heterocycles. The third kappa shape index (κ3) is 2.81. The molecule has 1 aliphatic heterocycles. The van der Waals surface area contributed by atoms with E-state index in [-0.39, 0.29) is 17.6 Å². The molecular weight excluding hydrogens is 274 g/mol. The molecule has 1 heterocycles. The molecule has 2 fully saturated rings. The molecule has 0 bridgehead atoms. The Morgan fingerprint density at radius 3 is 2.90 bits per heavy atom. The van der Waals surface area contributed by atoms with Gasteiger partial charge in [-0.25, -0.2) is 4.79 Å². The standard InChI is InChI=1S/C15H23NO5/c1-3-7-12-11(10-14(17)20-4-2)15(16(18)19)9-6-5-8-13(15)21-12/h10,12-13H,3-9H2,1-2H3/b11-10+/t12?,13-,15+/m1/s1. The van der Waals surface area contributed by atoms with Gasteiger partial charge in [0.1, 0.15) is 6.10 Å². The zero-order valence-corrected chi connectivity index (χ0v) is 12.7. The second-order valence-corrected chi connectivity index (χ2v) is 5.68. The molecule has 6 heteroatoms. The molecule has 1 aliphatic carbocycles. The van der Waals surface area contributed by atoms with E-state index in [9.17, 15) is 14.9 Å². The van der Waals surface area contributed by atoms with Crippen molar-refractivity contribution in [1.82, 2.24) is 0 Å². The Hall–Kier alpha value is -1.43. The van der Waals surface area contributed by atoms with Crippen LogP contribution in [0.5, 0.6) is 0 Å². The van der Waals surface area contributed by atoms with Crippen LogP contribution in [0.25, 0.3) is 0 Å². The second-order valence-electron chi connectivity index (χ2n) is 5.68. The number of fused-ring (bicyclic) bond motifs is 1. The topological polar surface area (TPSA) is 78.7 Å². The molecule has 3 atom stereocenters. The minimum atomic E-state index is -1.23. The highest BCUT2D eigenvalue weighted by Crippen LogP contribution is 2.47. The van der Waals surface area contributed by atoms with Gasteiger partial charge in [-0.15, -0.1) is 0 Å². The van der Waals surface area contributed by atoms with Gasteiger partial charge in [0.2, 0.25) is 0 Å². The summed E-state index contributed by atoms with van der Waals surface area (Å²) in [6, 6.07) is 0. The normalized spacial score (nSPS) is 33.7. The molecule has 1 unspecified atom stereocenters. The Labute approximate surface area is 124 Å². The second kappa shape index (κ2) is 6.56. The molecule has 0 aromatic carbocycles. The van der Waals surface area contributed by atoms with E-state index in [0.717, 1.165) is 19.3 Å². The van der Waals surface area contributed by atoms with Crippen molar-refractivity contribution >= 4 is 5.97 Å². The quantitative estimate of drug-likeness (QED) is 0.337. The largest absolute Gasteiger partial charge is 0.463 e. The van der Waals surface area contributed by atoms with Gasteiger partial charge in [0.25, 0.3) is 5.54 Å². The van der Waals surface area contributed by atoms with Gasteiger partial charge in [0.05, 0.1) is 12.7 Å². The van der Waals surface area contributed by atoms with Gasteiger partial charge in [-0.2, -0.15) is 0 Å². The van der Waals surface area contributed by atoms with Gasteiger partial charge in [0.15, 0.2) is 0 Å². The molecule has 0 amide bonds. The summed E-state index contributed by atoms with van der Waals surface area (Å²) >= 11 is 0. The van der Waals surface area contributed by atoms with Crippen molar-refractivity contribution < 1.29 is 19.2 Å². The first kappa shape index (κ1) is 15.9. The van der Waals surface area contributed by atoms with Crippen molar-refractivity contribution in [3.05, 3.63) is 21.8 Å². The number of hydrogen-bond acceptors (Lipinski definition) is 5. The first-order chi connectivity index (χ1) is 10.1. The van der Waals surface area contributed by atoms with Crippen LogP contribution in [0, 0.1) is 10.1 Å². The molecule has 1 saturated heterocycles. The number of rotatable bonds is 5. The summed E-state index contributed by atoms with van der Waals surface area (Å²) in [5.74, 6) is -0.510. The first-order valence-electron chi connectivity index (χ1n) is 7.75. The van der Waals surface area contributed by atoms with Gasteiger partial charge in [0, 0.05) is 23.0 Å². The molecule has 2 aliphatic rings. The van der Waals surface area contributed by atoms with Crippen molar-refractivity contribution in [2.24, 2.45) is 0 Å². The fourth-order valence-electron chi connectivity index (χ4n) is 3.51. The SMILES string of the molecule is CCCC1O[C@@H]2CCCC[C@]2([N+](=O)[O-])/C1=C/C(=O)OCC. The summed E-state index contributed by atoms with van der Waals surface area (Å²) in [4.78, 5) is 23.4. The Bertz CT molecular complexity index is 447. The van der Waals surface area contributed by atoms with Gasteiger partial charge in [-0.05, 0) is 26.2 Å². The predicted molar refractivity (Wildman–Crippen MR) is 76.5 cm³/mol. The van der Waals surface area contributed by atoms with E-state index < -0.39 is 17.6 Å². The summed E-state index contributed by atoms with van der Waals surface area (Å²) in [6.45, 7) is 3.99. The third-order valence-corrected chi connectivity index (χ3v) is 4.42. The molecule has 0 radical (unpaired) electrons. The van der Waals surface area contributed by atoms with E-state index in [1.807, 2.05) is 6.92 Å². The number of carbonyl (C=O) groups is 1. The number of nitro groups is 1. The van der Waals surface area contributed by atoms with Crippen LogP contribution in [0.2, 0.25) is 0 Å². The van der Waals surface area contributed by atoms with Crippen LogP contribution in [-0.4, -0.2) is 35.2 Å². The molecule has 2 rings (SSSR count). The highest BCUT2D eigenvalue weighted by atomic mass is 16.6. The molecule has 0 aromatic rings. The fourth-order valence-corrected chi connectivity index (χ4v) is 3.51. The fraction of sp³-hybridized carbons (Fsp3) is 0.800. The zero-order chi connectivity index (χ0) is 15.5. The average Bonchev–Trinajstić information content (AvgIpc) is 2.75. The van der Waals surface area contributed by atoms with Gasteiger partial charge < -0.3 is 9.47 Å². The number of nitrogens with zero attached hydrogens (tertiary/aromatic N) is 1. The number of hydrogen-bond donors (Lipinski definition) is 0. The molecule has 0 N–H and O–H groups in total. The summed E-state index contributed by atoms with van der Waals surface area (Å²) < 4.78 is 10.9. The molecule has 6 nitrogen and oxygen atoms in total. The van der Waals surface area contributed by atoms with Crippen molar-refractivity contribution in [1.29, 1.82) is 0 Å². The molecule has 0 spiro atoms. The summed E-state index contributed by atoms with van der Waals surface area (Å²) in [6.07, 6.45) is 4.95. The minimum Gasteiger partial charge on any atom is -0.463 e. The smallest absolute Gasteiger partial charge is 0.331 e. The highest BCUT2D eigenvalue weighted by Gasteiger charge is 2.62.